The molecule has 33 heavy (non-hydrogen) atoms. The van der Waals surface area contributed by atoms with Crippen LogP contribution in [0, 0.1) is 0 Å². The standard InChI is InChI=1S/C21H28F3N7O2/c1-20(2,3)31-19(32)16-11-29-18(12-27-16)30-17-8-15(14(10-28-17)21(22,23)24)26-5-4-13-9-25-6-7-33-13/h8,10-13,25H,4-7,9H2,1-3H3,(H,31,32)(H2,26,28,29,30)/t13-/m0/s1. The summed E-state index contributed by atoms with van der Waals surface area (Å²) in [7, 11) is 0. The first-order chi connectivity index (χ1) is 15.5. The smallest absolute Gasteiger partial charge is 0.384 e. The number of nitrogens with zero attached hydrogens (tertiary/aromatic N) is 3. The molecule has 1 amide bonds. The number of hydrogen-bond donors (Lipinski definition) is 4. The van der Waals surface area contributed by atoms with Gasteiger partial charge in [-0.1, -0.05) is 0 Å². The highest BCUT2D eigenvalue weighted by molar-refractivity contribution is 5.92. The maximum atomic E-state index is 13.4. The molecule has 1 atom stereocenters. The van der Waals surface area contributed by atoms with Crippen molar-refractivity contribution in [2.75, 3.05) is 36.9 Å². The molecule has 2 aromatic rings. The van der Waals surface area contributed by atoms with E-state index in [0.717, 1.165) is 12.7 Å². The highest BCUT2D eigenvalue weighted by Gasteiger charge is 2.34. The van der Waals surface area contributed by atoms with Crippen LogP contribution in [0.25, 0.3) is 0 Å². The zero-order valence-corrected chi connectivity index (χ0v) is 18.7. The number of nitrogens with one attached hydrogen (secondary N) is 4. The Balaban J connectivity index is 1.68. The third-order valence-corrected chi connectivity index (χ3v) is 4.62. The monoisotopic (exact) mass is 467 g/mol. The van der Waals surface area contributed by atoms with Crippen LogP contribution in [-0.4, -0.2) is 58.7 Å². The fraction of sp³-hybridized carbons (Fsp3) is 0.524. The summed E-state index contributed by atoms with van der Waals surface area (Å²) in [6.07, 6.45) is -0.689. The van der Waals surface area contributed by atoms with E-state index in [4.69, 9.17) is 4.74 Å². The Kier molecular flexibility index (Phi) is 7.69. The van der Waals surface area contributed by atoms with Crippen molar-refractivity contribution in [3.8, 4) is 0 Å². The quantitative estimate of drug-likeness (QED) is 0.492. The van der Waals surface area contributed by atoms with Crippen LogP contribution in [-0.2, 0) is 10.9 Å². The Morgan fingerprint density at radius 1 is 1.15 bits per heavy atom. The molecule has 0 aromatic carbocycles. The summed E-state index contributed by atoms with van der Waals surface area (Å²) in [5.41, 5.74) is -1.27. The lowest BCUT2D eigenvalue weighted by Gasteiger charge is -2.24. The second-order valence-corrected chi connectivity index (χ2v) is 8.64. The van der Waals surface area contributed by atoms with Crippen molar-refractivity contribution < 1.29 is 22.7 Å². The van der Waals surface area contributed by atoms with Gasteiger partial charge < -0.3 is 26.0 Å². The molecule has 12 heteroatoms. The molecule has 0 saturated carbocycles. The summed E-state index contributed by atoms with van der Waals surface area (Å²) >= 11 is 0. The van der Waals surface area contributed by atoms with E-state index in [1.165, 1.54) is 18.5 Å². The van der Waals surface area contributed by atoms with Crippen molar-refractivity contribution in [1.29, 1.82) is 0 Å². The summed E-state index contributed by atoms with van der Waals surface area (Å²) < 4.78 is 45.9. The molecule has 4 N–H and O–H groups in total. The van der Waals surface area contributed by atoms with E-state index in [1.807, 2.05) is 20.8 Å². The number of hydrogen-bond acceptors (Lipinski definition) is 8. The molecule has 1 aliphatic rings. The van der Waals surface area contributed by atoms with Crippen LogP contribution in [0.3, 0.4) is 0 Å². The van der Waals surface area contributed by atoms with E-state index in [2.05, 4.69) is 36.2 Å². The second-order valence-electron chi connectivity index (χ2n) is 8.64. The minimum Gasteiger partial charge on any atom is -0.384 e. The molecule has 0 spiro atoms. The van der Waals surface area contributed by atoms with Crippen molar-refractivity contribution >= 4 is 23.2 Å². The molecule has 2 aromatic heterocycles. The number of aromatic nitrogens is 3. The summed E-state index contributed by atoms with van der Waals surface area (Å²) in [5, 5.41) is 11.6. The molecule has 0 unspecified atom stereocenters. The maximum Gasteiger partial charge on any atom is 0.419 e. The van der Waals surface area contributed by atoms with Crippen LogP contribution >= 0.6 is 0 Å². The van der Waals surface area contributed by atoms with Crippen molar-refractivity contribution in [1.82, 2.24) is 25.6 Å². The lowest BCUT2D eigenvalue weighted by molar-refractivity contribution is -0.137. The summed E-state index contributed by atoms with van der Waals surface area (Å²) in [5.74, 6) is 0.0160. The molecule has 180 valence electrons. The largest absolute Gasteiger partial charge is 0.419 e. The van der Waals surface area contributed by atoms with Gasteiger partial charge in [0, 0.05) is 37.4 Å². The van der Waals surface area contributed by atoms with E-state index < -0.39 is 17.3 Å². The third-order valence-electron chi connectivity index (χ3n) is 4.62. The SMILES string of the molecule is CC(C)(C)NC(=O)c1cnc(Nc2cc(NCC[C@H]3CNCCO3)c(C(F)(F)F)cn2)cn1. The van der Waals surface area contributed by atoms with Crippen molar-refractivity contribution in [2.45, 2.75) is 45.0 Å². The number of alkyl halides is 3. The second kappa shape index (κ2) is 10.3. The number of pyridine rings is 1. The highest BCUT2D eigenvalue weighted by Crippen LogP contribution is 2.35. The highest BCUT2D eigenvalue weighted by atomic mass is 19.4. The molecule has 0 bridgehead atoms. The summed E-state index contributed by atoms with van der Waals surface area (Å²) in [4.78, 5) is 24.2. The molecular weight excluding hydrogens is 439 g/mol. The number of amides is 1. The van der Waals surface area contributed by atoms with Crippen LogP contribution in [0.5, 0.6) is 0 Å². The first-order valence-corrected chi connectivity index (χ1v) is 10.6. The first-order valence-electron chi connectivity index (χ1n) is 10.6. The van der Waals surface area contributed by atoms with Crippen molar-refractivity contribution in [2.24, 2.45) is 0 Å². The molecule has 0 radical (unpaired) electrons. The van der Waals surface area contributed by atoms with E-state index in [9.17, 15) is 18.0 Å². The third kappa shape index (κ3) is 7.53. The minimum atomic E-state index is -4.56. The van der Waals surface area contributed by atoms with Gasteiger partial charge in [0.25, 0.3) is 5.91 Å². The molecule has 3 rings (SSSR count). The summed E-state index contributed by atoms with van der Waals surface area (Å²) in [6.45, 7) is 7.85. The van der Waals surface area contributed by atoms with Crippen LogP contribution in [0.2, 0.25) is 0 Å². The molecule has 1 saturated heterocycles. The fourth-order valence-corrected chi connectivity index (χ4v) is 3.11. The van der Waals surface area contributed by atoms with Crippen LogP contribution in [0.1, 0.15) is 43.2 Å². The predicted octanol–water partition coefficient (Wildman–Crippen LogP) is 2.95. The molecule has 9 nitrogen and oxygen atoms in total. The Labute approximate surface area is 189 Å². The number of carbonyl (C=O) groups excluding carboxylic acids is 1. The van der Waals surface area contributed by atoms with Gasteiger partial charge in [-0.2, -0.15) is 13.2 Å². The Hall–Kier alpha value is -2.99. The van der Waals surface area contributed by atoms with Gasteiger partial charge in [-0.05, 0) is 27.2 Å². The normalized spacial score (nSPS) is 16.8. The number of rotatable bonds is 7. The van der Waals surface area contributed by atoms with Crippen molar-refractivity contribution in [3.63, 3.8) is 0 Å². The average Bonchev–Trinajstić information content (AvgIpc) is 2.73. The Bertz CT molecular complexity index is 940. The maximum absolute atomic E-state index is 13.4. The van der Waals surface area contributed by atoms with Gasteiger partial charge in [-0.15, -0.1) is 0 Å². The lowest BCUT2D eigenvalue weighted by atomic mass is 10.1. The van der Waals surface area contributed by atoms with Gasteiger partial charge in [0.15, 0.2) is 0 Å². The first kappa shape index (κ1) is 24.6. The average molecular weight is 467 g/mol. The minimum absolute atomic E-state index is 0.0516. The van der Waals surface area contributed by atoms with Gasteiger partial charge in [-0.25, -0.2) is 15.0 Å². The molecular formula is C21H28F3N7O2. The zero-order valence-electron chi connectivity index (χ0n) is 18.7. The van der Waals surface area contributed by atoms with Gasteiger partial charge >= 0.3 is 6.18 Å². The lowest BCUT2D eigenvalue weighted by Crippen LogP contribution is -2.40. The predicted molar refractivity (Wildman–Crippen MR) is 117 cm³/mol. The molecule has 1 fully saturated rings. The van der Waals surface area contributed by atoms with Gasteiger partial charge in [0.1, 0.15) is 17.3 Å². The number of ether oxygens (including phenoxy) is 1. The zero-order chi connectivity index (χ0) is 24.1. The van der Waals surface area contributed by atoms with Gasteiger partial charge in [0.05, 0.1) is 36.4 Å². The van der Waals surface area contributed by atoms with E-state index in [1.54, 1.807) is 0 Å². The van der Waals surface area contributed by atoms with E-state index in [-0.39, 0.29) is 35.0 Å². The summed E-state index contributed by atoms with van der Waals surface area (Å²) in [6, 6.07) is 1.27. The number of morpholine rings is 1. The van der Waals surface area contributed by atoms with E-state index in [0.29, 0.717) is 26.1 Å². The Morgan fingerprint density at radius 2 is 1.91 bits per heavy atom. The Morgan fingerprint density at radius 3 is 2.52 bits per heavy atom. The topological polar surface area (TPSA) is 113 Å². The fourth-order valence-electron chi connectivity index (χ4n) is 3.11. The van der Waals surface area contributed by atoms with Gasteiger partial charge in [0.2, 0.25) is 0 Å². The molecule has 0 aliphatic carbocycles. The molecule has 1 aliphatic heterocycles. The van der Waals surface area contributed by atoms with E-state index >= 15 is 0 Å². The van der Waals surface area contributed by atoms with Gasteiger partial charge in [-0.3, -0.25) is 4.79 Å². The number of carbonyl (C=O) groups is 1. The number of anilines is 3. The van der Waals surface area contributed by atoms with Crippen LogP contribution in [0.4, 0.5) is 30.5 Å². The van der Waals surface area contributed by atoms with Crippen molar-refractivity contribution in [3.05, 3.63) is 35.9 Å². The number of halogens is 3. The van der Waals surface area contributed by atoms with Crippen LogP contribution in [0.15, 0.2) is 24.7 Å². The van der Waals surface area contributed by atoms with Crippen LogP contribution < -0.4 is 21.3 Å². The molecule has 3 heterocycles.